The number of carbonyl (C=O) groups excluding carboxylic acids is 2. The van der Waals surface area contributed by atoms with Gasteiger partial charge in [0.1, 0.15) is 6.10 Å². The highest BCUT2D eigenvalue weighted by Gasteiger charge is 2.24. The maximum atomic E-state index is 13.1. The minimum absolute atomic E-state index is 0.0658. The molecule has 0 aromatic carbocycles. The Labute approximate surface area is 322 Å². The predicted molar refractivity (Wildman–Crippen MR) is 223 cm³/mol. The summed E-state index contributed by atoms with van der Waals surface area (Å²) >= 11 is 0. The van der Waals surface area contributed by atoms with Crippen molar-refractivity contribution >= 4 is 11.9 Å². The van der Waals surface area contributed by atoms with Crippen molar-refractivity contribution in [3.05, 3.63) is 24.3 Å². The van der Waals surface area contributed by atoms with Gasteiger partial charge in [0.2, 0.25) is 5.91 Å². The molecule has 3 N–H and O–H groups in total. The molecule has 0 aliphatic rings. The Morgan fingerprint density at radius 1 is 0.538 bits per heavy atom. The molecule has 0 heterocycles. The van der Waals surface area contributed by atoms with Crippen LogP contribution in [0.15, 0.2) is 24.3 Å². The van der Waals surface area contributed by atoms with E-state index in [2.05, 4.69) is 50.4 Å². The fourth-order valence-corrected chi connectivity index (χ4v) is 6.77. The summed E-state index contributed by atoms with van der Waals surface area (Å²) in [4.78, 5) is 25.9. The number of rotatable bonds is 40. The second-order valence-corrected chi connectivity index (χ2v) is 15.4. The number of amides is 1. The third-order valence-electron chi connectivity index (χ3n) is 10.2. The van der Waals surface area contributed by atoms with E-state index in [1.165, 1.54) is 109 Å². The van der Waals surface area contributed by atoms with E-state index < -0.39 is 18.2 Å². The van der Waals surface area contributed by atoms with Crippen LogP contribution in [0.5, 0.6) is 0 Å². The highest BCUT2D eigenvalue weighted by Crippen LogP contribution is 2.17. The fraction of sp³-hybridized carbons (Fsp3) is 0.870. The van der Waals surface area contributed by atoms with Gasteiger partial charge in [-0.05, 0) is 64.2 Å². The second kappa shape index (κ2) is 40.5. The van der Waals surface area contributed by atoms with Crippen molar-refractivity contribution in [3.8, 4) is 0 Å². The Balaban J connectivity index is 4.50. The number of hydrogen-bond donors (Lipinski definition) is 3. The third-order valence-corrected chi connectivity index (χ3v) is 10.2. The molecule has 6 heteroatoms. The molecule has 0 saturated heterocycles. The molecule has 1 amide bonds. The average Bonchev–Trinajstić information content (AvgIpc) is 3.13. The summed E-state index contributed by atoms with van der Waals surface area (Å²) < 4.78 is 5.86. The van der Waals surface area contributed by atoms with Gasteiger partial charge >= 0.3 is 5.97 Å². The molecular weight excluding hydrogens is 647 g/mol. The lowest BCUT2D eigenvalue weighted by Gasteiger charge is -2.24. The SMILES string of the molecule is CCC/C=C\CCCCCCCC(=O)OC(CCCCC/C=C\CCCC)CC(=O)NC(CO)C(O)CCCCCCCCCCCCCCCC. The Kier molecular flexibility index (Phi) is 39.2. The van der Waals surface area contributed by atoms with Crippen LogP contribution in [0.25, 0.3) is 0 Å². The van der Waals surface area contributed by atoms with E-state index in [-0.39, 0.29) is 24.9 Å². The van der Waals surface area contributed by atoms with Crippen LogP contribution >= 0.6 is 0 Å². The standard InChI is InChI=1S/C46H87NO5/c1-4-7-10-13-16-19-21-22-23-24-26-29-32-35-38-44(49)43(41-48)47-45(50)40-42(37-34-31-28-25-18-15-12-9-6-3)52-46(51)39-36-33-30-27-20-17-14-11-8-5-2/h11,14-15,18,42-44,48-49H,4-10,12-13,16-17,19-41H2,1-3H3,(H,47,50)/b14-11-,18-15-. The maximum Gasteiger partial charge on any atom is 0.306 e. The fourth-order valence-electron chi connectivity index (χ4n) is 6.77. The van der Waals surface area contributed by atoms with Crippen molar-refractivity contribution in [2.75, 3.05) is 6.61 Å². The molecule has 0 radical (unpaired) electrons. The zero-order valence-corrected chi connectivity index (χ0v) is 34.7. The molecule has 0 aromatic rings. The number of esters is 1. The Morgan fingerprint density at radius 2 is 0.981 bits per heavy atom. The molecule has 0 aromatic heterocycles. The summed E-state index contributed by atoms with van der Waals surface area (Å²) in [6, 6.07) is -0.701. The van der Waals surface area contributed by atoms with Crippen LogP contribution in [0.3, 0.4) is 0 Å². The second-order valence-electron chi connectivity index (χ2n) is 15.4. The number of ether oxygens (including phenoxy) is 1. The Hall–Kier alpha value is -1.66. The van der Waals surface area contributed by atoms with Gasteiger partial charge in [-0.1, -0.05) is 180 Å². The first-order valence-corrected chi connectivity index (χ1v) is 22.6. The van der Waals surface area contributed by atoms with E-state index in [4.69, 9.17) is 4.74 Å². The van der Waals surface area contributed by atoms with Crippen molar-refractivity contribution in [2.24, 2.45) is 0 Å². The van der Waals surface area contributed by atoms with Gasteiger partial charge in [0, 0.05) is 6.42 Å². The highest BCUT2D eigenvalue weighted by molar-refractivity contribution is 5.77. The van der Waals surface area contributed by atoms with E-state index in [0.717, 1.165) is 77.0 Å². The molecule has 0 rings (SSSR count). The molecule has 306 valence electrons. The normalized spacial score (nSPS) is 13.6. The quantitative estimate of drug-likeness (QED) is 0.0331. The zero-order chi connectivity index (χ0) is 38.2. The molecular formula is C46H87NO5. The lowest BCUT2D eigenvalue weighted by atomic mass is 10.0. The topological polar surface area (TPSA) is 95.9 Å². The van der Waals surface area contributed by atoms with Crippen molar-refractivity contribution in [1.82, 2.24) is 5.32 Å². The molecule has 0 spiro atoms. The molecule has 52 heavy (non-hydrogen) atoms. The zero-order valence-electron chi connectivity index (χ0n) is 34.7. The van der Waals surface area contributed by atoms with Gasteiger partial charge in [-0.3, -0.25) is 9.59 Å². The third kappa shape index (κ3) is 35.4. The summed E-state index contributed by atoms with van der Waals surface area (Å²) in [6.07, 6.45) is 43.8. The van der Waals surface area contributed by atoms with E-state index >= 15 is 0 Å². The largest absolute Gasteiger partial charge is 0.462 e. The lowest BCUT2D eigenvalue weighted by molar-refractivity contribution is -0.151. The number of nitrogens with one attached hydrogen (secondary N) is 1. The lowest BCUT2D eigenvalue weighted by Crippen LogP contribution is -2.46. The van der Waals surface area contributed by atoms with E-state index in [1.54, 1.807) is 0 Å². The van der Waals surface area contributed by atoms with Crippen LogP contribution in [0.1, 0.15) is 233 Å². The Bertz CT molecular complexity index is 828. The summed E-state index contributed by atoms with van der Waals surface area (Å²) in [6.45, 7) is 6.36. The first-order chi connectivity index (χ1) is 25.5. The van der Waals surface area contributed by atoms with Crippen molar-refractivity contribution in [2.45, 2.75) is 251 Å². The van der Waals surface area contributed by atoms with E-state index in [9.17, 15) is 19.8 Å². The van der Waals surface area contributed by atoms with Gasteiger partial charge in [-0.25, -0.2) is 0 Å². The number of aliphatic hydroxyl groups is 2. The monoisotopic (exact) mass is 734 g/mol. The number of carbonyl (C=O) groups is 2. The first-order valence-electron chi connectivity index (χ1n) is 22.6. The van der Waals surface area contributed by atoms with Gasteiger partial charge in [0.25, 0.3) is 0 Å². The smallest absolute Gasteiger partial charge is 0.306 e. The Morgan fingerprint density at radius 3 is 1.52 bits per heavy atom. The van der Waals surface area contributed by atoms with E-state index in [1.807, 2.05) is 0 Å². The van der Waals surface area contributed by atoms with Crippen molar-refractivity contribution < 1.29 is 24.5 Å². The van der Waals surface area contributed by atoms with Crippen molar-refractivity contribution in [1.29, 1.82) is 0 Å². The number of unbranched alkanes of at least 4 members (excludes halogenated alkanes) is 24. The van der Waals surface area contributed by atoms with Gasteiger partial charge in [-0.15, -0.1) is 0 Å². The van der Waals surface area contributed by atoms with Crippen LogP contribution in [0.2, 0.25) is 0 Å². The van der Waals surface area contributed by atoms with Crippen LogP contribution in [0.4, 0.5) is 0 Å². The van der Waals surface area contributed by atoms with E-state index in [0.29, 0.717) is 19.3 Å². The van der Waals surface area contributed by atoms with Crippen LogP contribution in [-0.4, -0.2) is 46.9 Å². The summed E-state index contributed by atoms with van der Waals surface area (Å²) in [5.74, 6) is -0.501. The number of hydrogen-bond acceptors (Lipinski definition) is 5. The van der Waals surface area contributed by atoms with Gasteiger partial charge in [-0.2, -0.15) is 0 Å². The molecule has 0 bridgehead atoms. The molecule has 3 unspecified atom stereocenters. The van der Waals surface area contributed by atoms with Crippen molar-refractivity contribution in [3.63, 3.8) is 0 Å². The molecule has 3 atom stereocenters. The van der Waals surface area contributed by atoms with Gasteiger partial charge in [0.15, 0.2) is 0 Å². The predicted octanol–water partition coefficient (Wildman–Crippen LogP) is 12.8. The molecule has 0 fully saturated rings. The average molecular weight is 734 g/mol. The summed E-state index contributed by atoms with van der Waals surface area (Å²) in [5, 5.41) is 23.6. The summed E-state index contributed by atoms with van der Waals surface area (Å²) in [7, 11) is 0. The minimum atomic E-state index is -0.787. The maximum absolute atomic E-state index is 13.1. The highest BCUT2D eigenvalue weighted by atomic mass is 16.5. The van der Waals surface area contributed by atoms with Crippen LogP contribution in [-0.2, 0) is 14.3 Å². The molecule has 6 nitrogen and oxygen atoms in total. The van der Waals surface area contributed by atoms with Gasteiger partial charge in [0.05, 0.1) is 25.2 Å². The number of aliphatic hydroxyl groups excluding tert-OH is 2. The van der Waals surface area contributed by atoms with Crippen LogP contribution in [0, 0.1) is 0 Å². The molecule has 0 aliphatic carbocycles. The first kappa shape index (κ1) is 50.3. The van der Waals surface area contributed by atoms with Gasteiger partial charge < -0.3 is 20.3 Å². The molecule has 0 aliphatic heterocycles. The molecule has 0 saturated carbocycles. The summed E-state index contributed by atoms with van der Waals surface area (Å²) in [5.41, 5.74) is 0. The minimum Gasteiger partial charge on any atom is -0.462 e. The van der Waals surface area contributed by atoms with Crippen LogP contribution < -0.4 is 5.32 Å². The number of allylic oxidation sites excluding steroid dienone is 4.